The highest BCUT2D eigenvalue weighted by Crippen LogP contribution is 2.11. The summed E-state index contributed by atoms with van der Waals surface area (Å²) in [6.45, 7) is 8.39. The van der Waals surface area contributed by atoms with Gasteiger partial charge in [-0.25, -0.2) is 0 Å². The molecule has 1 aliphatic heterocycles. The van der Waals surface area contributed by atoms with Gasteiger partial charge in [-0.05, 0) is 45.4 Å². The molecule has 0 aromatic carbocycles. The molecule has 0 amide bonds. The minimum Gasteiger partial charge on any atom is -0.316 e. The maximum Gasteiger partial charge on any atom is 0.0157 e. The van der Waals surface area contributed by atoms with Gasteiger partial charge in [-0.15, -0.1) is 6.58 Å². The van der Waals surface area contributed by atoms with Crippen LogP contribution in [0.3, 0.4) is 0 Å². The van der Waals surface area contributed by atoms with Gasteiger partial charge in [-0.2, -0.15) is 0 Å². The number of hydrogen-bond donors (Lipinski definition) is 1. The average Bonchev–Trinajstić information content (AvgIpc) is 2.53. The molecule has 70 valence electrons. The Morgan fingerprint density at radius 3 is 3.08 bits per heavy atom. The normalized spacial score (nSPS) is 23.3. The summed E-state index contributed by atoms with van der Waals surface area (Å²) in [6.07, 6.45) is 4.66. The molecule has 0 spiro atoms. The van der Waals surface area contributed by atoms with Gasteiger partial charge in [0.25, 0.3) is 0 Å². The van der Waals surface area contributed by atoms with E-state index in [0.717, 1.165) is 12.5 Å². The number of likely N-dealkylation sites (N-methyl/N-ethyl adjacent to an activating group) is 1. The van der Waals surface area contributed by atoms with Crippen LogP contribution in [0.4, 0.5) is 0 Å². The van der Waals surface area contributed by atoms with Crippen LogP contribution in [0.1, 0.15) is 12.8 Å². The topological polar surface area (TPSA) is 15.3 Å². The van der Waals surface area contributed by atoms with E-state index in [0.29, 0.717) is 0 Å². The highest BCUT2D eigenvalue weighted by atomic mass is 15.1. The van der Waals surface area contributed by atoms with Gasteiger partial charge in [0.05, 0.1) is 0 Å². The molecule has 12 heavy (non-hydrogen) atoms. The fourth-order valence-corrected chi connectivity index (χ4v) is 1.68. The molecule has 0 radical (unpaired) electrons. The first-order chi connectivity index (χ1) is 5.83. The van der Waals surface area contributed by atoms with Gasteiger partial charge in [-0.3, -0.25) is 0 Å². The lowest BCUT2D eigenvalue weighted by atomic mass is 10.1. The van der Waals surface area contributed by atoms with E-state index in [9.17, 15) is 0 Å². The van der Waals surface area contributed by atoms with Crippen molar-refractivity contribution in [3.63, 3.8) is 0 Å². The Balaban J connectivity index is 2.03. The Hall–Kier alpha value is -0.340. The van der Waals surface area contributed by atoms with Crippen LogP contribution >= 0.6 is 0 Å². The molecule has 0 aromatic rings. The molecule has 0 aromatic heterocycles. The second-order valence-electron chi connectivity index (χ2n) is 3.70. The van der Waals surface area contributed by atoms with Gasteiger partial charge in [0.1, 0.15) is 0 Å². The molecule has 1 atom stereocenters. The Kier molecular flexibility index (Phi) is 4.33. The third kappa shape index (κ3) is 3.37. The van der Waals surface area contributed by atoms with E-state index in [4.69, 9.17) is 0 Å². The molecule has 1 aliphatic rings. The fraction of sp³-hybridized carbons (Fsp3) is 0.800. The van der Waals surface area contributed by atoms with Crippen molar-refractivity contribution in [2.75, 3.05) is 33.2 Å². The maximum atomic E-state index is 3.73. The van der Waals surface area contributed by atoms with Crippen LogP contribution in [0, 0.1) is 5.92 Å². The van der Waals surface area contributed by atoms with Crippen molar-refractivity contribution in [3.8, 4) is 0 Å². The van der Waals surface area contributed by atoms with Crippen LogP contribution in [-0.4, -0.2) is 38.1 Å². The van der Waals surface area contributed by atoms with Crippen molar-refractivity contribution in [2.45, 2.75) is 12.8 Å². The zero-order chi connectivity index (χ0) is 8.81. The van der Waals surface area contributed by atoms with Crippen molar-refractivity contribution in [1.82, 2.24) is 10.2 Å². The van der Waals surface area contributed by atoms with E-state index in [-0.39, 0.29) is 0 Å². The Morgan fingerprint density at radius 1 is 1.67 bits per heavy atom. The highest BCUT2D eigenvalue weighted by Gasteiger charge is 2.13. The minimum atomic E-state index is 0.914. The summed E-state index contributed by atoms with van der Waals surface area (Å²) >= 11 is 0. The average molecular weight is 168 g/mol. The van der Waals surface area contributed by atoms with Crippen molar-refractivity contribution in [2.24, 2.45) is 5.92 Å². The van der Waals surface area contributed by atoms with Gasteiger partial charge in [0.2, 0.25) is 0 Å². The Morgan fingerprint density at radius 2 is 2.50 bits per heavy atom. The number of rotatable bonds is 5. The molecule has 1 heterocycles. The predicted octanol–water partition coefficient (Wildman–Crippen LogP) is 1.10. The van der Waals surface area contributed by atoms with Crippen LogP contribution in [0.15, 0.2) is 12.7 Å². The predicted molar refractivity (Wildman–Crippen MR) is 53.3 cm³/mol. The molecular weight excluding hydrogens is 148 g/mol. The highest BCUT2D eigenvalue weighted by molar-refractivity contribution is 4.75. The smallest absolute Gasteiger partial charge is 0.0157 e. The molecule has 1 N–H and O–H groups in total. The van der Waals surface area contributed by atoms with E-state index in [2.05, 4.69) is 23.8 Å². The van der Waals surface area contributed by atoms with E-state index < -0.39 is 0 Å². The molecule has 0 aliphatic carbocycles. The van der Waals surface area contributed by atoms with Gasteiger partial charge < -0.3 is 10.2 Å². The molecule has 0 saturated carbocycles. The van der Waals surface area contributed by atoms with E-state index >= 15 is 0 Å². The standard InChI is InChI=1S/C10H20N2/c1-3-7-12(2)8-5-10-4-6-11-9-10/h3,10-11H,1,4-9H2,2H3. The lowest BCUT2D eigenvalue weighted by molar-refractivity contribution is 0.332. The lowest BCUT2D eigenvalue weighted by Gasteiger charge is -2.16. The van der Waals surface area contributed by atoms with Crippen molar-refractivity contribution < 1.29 is 0 Å². The first-order valence-corrected chi connectivity index (χ1v) is 4.83. The second-order valence-corrected chi connectivity index (χ2v) is 3.70. The molecule has 2 nitrogen and oxygen atoms in total. The van der Waals surface area contributed by atoms with Crippen molar-refractivity contribution in [1.29, 1.82) is 0 Å². The maximum absolute atomic E-state index is 3.73. The molecule has 0 bridgehead atoms. The van der Waals surface area contributed by atoms with Gasteiger partial charge in [0, 0.05) is 6.54 Å². The molecule has 1 unspecified atom stereocenters. The monoisotopic (exact) mass is 168 g/mol. The summed E-state index contributed by atoms with van der Waals surface area (Å²) in [7, 11) is 2.16. The SMILES string of the molecule is C=CCN(C)CCC1CCNC1. The van der Waals surface area contributed by atoms with Gasteiger partial charge in [0.15, 0.2) is 0 Å². The van der Waals surface area contributed by atoms with Gasteiger partial charge in [-0.1, -0.05) is 6.08 Å². The molecule has 1 rings (SSSR count). The number of nitrogens with zero attached hydrogens (tertiary/aromatic N) is 1. The number of nitrogens with one attached hydrogen (secondary N) is 1. The lowest BCUT2D eigenvalue weighted by Crippen LogP contribution is -2.22. The number of hydrogen-bond acceptors (Lipinski definition) is 2. The summed E-state index contributed by atoms with van der Waals surface area (Å²) in [5.74, 6) is 0.914. The largest absolute Gasteiger partial charge is 0.316 e. The third-order valence-electron chi connectivity index (χ3n) is 2.52. The quantitative estimate of drug-likeness (QED) is 0.619. The molecule has 1 saturated heterocycles. The first-order valence-electron chi connectivity index (χ1n) is 4.83. The summed E-state index contributed by atoms with van der Waals surface area (Å²) in [4.78, 5) is 2.32. The minimum absolute atomic E-state index is 0.914. The van der Waals surface area contributed by atoms with E-state index in [1.54, 1.807) is 0 Å². The summed E-state index contributed by atoms with van der Waals surface area (Å²) in [6, 6.07) is 0. The van der Waals surface area contributed by atoms with Crippen LogP contribution in [0.25, 0.3) is 0 Å². The summed E-state index contributed by atoms with van der Waals surface area (Å²) in [5.41, 5.74) is 0. The fourth-order valence-electron chi connectivity index (χ4n) is 1.68. The van der Waals surface area contributed by atoms with Crippen molar-refractivity contribution in [3.05, 3.63) is 12.7 Å². The van der Waals surface area contributed by atoms with Crippen LogP contribution in [0.5, 0.6) is 0 Å². The zero-order valence-corrected chi connectivity index (χ0v) is 8.05. The summed E-state index contributed by atoms with van der Waals surface area (Å²) in [5, 5.41) is 3.39. The van der Waals surface area contributed by atoms with Crippen LogP contribution in [-0.2, 0) is 0 Å². The van der Waals surface area contributed by atoms with Crippen LogP contribution < -0.4 is 5.32 Å². The van der Waals surface area contributed by atoms with Crippen molar-refractivity contribution >= 4 is 0 Å². The third-order valence-corrected chi connectivity index (χ3v) is 2.52. The Bertz CT molecular complexity index is 128. The van der Waals surface area contributed by atoms with E-state index in [1.165, 1.54) is 32.5 Å². The Labute approximate surface area is 75.6 Å². The zero-order valence-electron chi connectivity index (χ0n) is 8.05. The molecular formula is C10H20N2. The first kappa shape index (κ1) is 9.75. The molecule has 1 fully saturated rings. The van der Waals surface area contributed by atoms with Crippen LogP contribution in [0.2, 0.25) is 0 Å². The molecule has 2 heteroatoms. The van der Waals surface area contributed by atoms with E-state index in [1.807, 2.05) is 6.08 Å². The van der Waals surface area contributed by atoms with Gasteiger partial charge >= 0.3 is 0 Å². The summed E-state index contributed by atoms with van der Waals surface area (Å²) < 4.78 is 0. The second kappa shape index (κ2) is 5.33.